The summed E-state index contributed by atoms with van der Waals surface area (Å²) in [4.78, 5) is 12.0. The van der Waals surface area contributed by atoms with E-state index in [1.807, 2.05) is 24.3 Å². The zero-order valence-electron chi connectivity index (χ0n) is 14.1. The normalized spacial score (nSPS) is 31.0. The fourth-order valence-electron chi connectivity index (χ4n) is 4.69. The first kappa shape index (κ1) is 15.9. The predicted octanol–water partition coefficient (Wildman–Crippen LogP) is 3.88. The number of fused-ring (bicyclic) bond motifs is 1. The molecule has 1 N–H and O–H groups in total. The number of nitrogens with one attached hydrogen (secondary N) is 1. The van der Waals surface area contributed by atoms with E-state index in [1.54, 1.807) is 0 Å². The molecule has 3 aliphatic rings. The summed E-state index contributed by atoms with van der Waals surface area (Å²) in [5.74, 6) is -1.73. The number of alkyl halides is 2. The third-order valence-electron chi connectivity index (χ3n) is 6.26. The molecule has 3 nitrogen and oxygen atoms in total. The molecule has 130 valence electrons. The molecule has 2 spiro atoms. The van der Waals surface area contributed by atoms with Crippen LogP contribution < -0.4 is 10.1 Å². The molecule has 3 fully saturated rings. The predicted molar refractivity (Wildman–Crippen MR) is 86.2 cm³/mol. The highest BCUT2D eigenvalue weighted by atomic mass is 19.3. The van der Waals surface area contributed by atoms with Crippen molar-refractivity contribution >= 4 is 5.91 Å². The standard InChI is InChI=1S/C19H23F2NO2/c1-12(2)14-5-3-4-6-15(14)24-11-16(23)22-13-9-18(10-13)17(7-8-17)19(18,20)21/h3-6,12-13H,7-11H2,1-2H3,(H,22,23). The van der Waals surface area contributed by atoms with E-state index in [0.29, 0.717) is 37.4 Å². The van der Waals surface area contributed by atoms with Crippen LogP contribution in [0.3, 0.4) is 0 Å². The fourth-order valence-corrected chi connectivity index (χ4v) is 4.69. The summed E-state index contributed by atoms with van der Waals surface area (Å²) in [6.07, 6.45) is 2.12. The van der Waals surface area contributed by atoms with Crippen molar-refractivity contribution in [1.82, 2.24) is 5.32 Å². The van der Waals surface area contributed by atoms with Crippen LogP contribution in [0.1, 0.15) is 51.0 Å². The molecule has 3 saturated carbocycles. The second kappa shape index (κ2) is 4.93. The molecule has 24 heavy (non-hydrogen) atoms. The van der Waals surface area contributed by atoms with E-state index in [1.165, 1.54) is 0 Å². The van der Waals surface area contributed by atoms with Crippen LogP contribution in [0, 0.1) is 10.8 Å². The van der Waals surface area contributed by atoms with Crippen molar-refractivity contribution in [1.29, 1.82) is 0 Å². The summed E-state index contributed by atoms with van der Waals surface area (Å²) >= 11 is 0. The van der Waals surface area contributed by atoms with E-state index in [-0.39, 0.29) is 18.6 Å². The highest BCUT2D eigenvalue weighted by molar-refractivity contribution is 5.78. The molecular formula is C19H23F2NO2. The van der Waals surface area contributed by atoms with Crippen LogP contribution in [-0.2, 0) is 4.79 Å². The smallest absolute Gasteiger partial charge is 0.260 e. The van der Waals surface area contributed by atoms with E-state index in [9.17, 15) is 13.6 Å². The maximum atomic E-state index is 13.9. The Morgan fingerprint density at radius 1 is 1.25 bits per heavy atom. The zero-order valence-corrected chi connectivity index (χ0v) is 14.1. The van der Waals surface area contributed by atoms with Crippen LogP contribution in [0.15, 0.2) is 24.3 Å². The quantitative estimate of drug-likeness (QED) is 0.887. The van der Waals surface area contributed by atoms with Crippen molar-refractivity contribution in [3.05, 3.63) is 29.8 Å². The number of benzene rings is 1. The van der Waals surface area contributed by atoms with E-state index < -0.39 is 16.8 Å². The maximum absolute atomic E-state index is 13.9. The van der Waals surface area contributed by atoms with E-state index >= 15 is 0 Å². The molecule has 1 amide bonds. The van der Waals surface area contributed by atoms with Gasteiger partial charge in [0, 0.05) is 16.9 Å². The Hall–Kier alpha value is -1.65. The second-order valence-corrected chi connectivity index (χ2v) is 7.89. The first-order chi connectivity index (χ1) is 11.3. The Kier molecular flexibility index (Phi) is 3.26. The number of carbonyl (C=O) groups excluding carboxylic acids is 1. The van der Waals surface area contributed by atoms with Gasteiger partial charge in [-0.05, 0) is 43.2 Å². The molecule has 0 aromatic heterocycles. The maximum Gasteiger partial charge on any atom is 0.260 e. The average Bonchev–Trinajstić information content (AvgIpc) is 3.36. The lowest BCUT2D eigenvalue weighted by atomic mass is 9.74. The third kappa shape index (κ3) is 1.96. The summed E-state index contributed by atoms with van der Waals surface area (Å²) in [5.41, 5.74) is -0.446. The van der Waals surface area contributed by atoms with Crippen LogP contribution in [0.25, 0.3) is 0 Å². The van der Waals surface area contributed by atoms with Crippen LogP contribution in [-0.4, -0.2) is 24.5 Å². The lowest BCUT2D eigenvalue weighted by Crippen LogP contribution is -2.49. The molecule has 1 aromatic carbocycles. The van der Waals surface area contributed by atoms with Gasteiger partial charge in [0.25, 0.3) is 11.8 Å². The summed E-state index contributed by atoms with van der Waals surface area (Å²) in [5, 5.41) is 2.84. The van der Waals surface area contributed by atoms with E-state index in [0.717, 1.165) is 5.56 Å². The van der Waals surface area contributed by atoms with Gasteiger partial charge in [-0.15, -0.1) is 0 Å². The van der Waals surface area contributed by atoms with Gasteiger partial charge in [-0.25, -0.2) is 8.78 Å². The van der Waals surface area contributed by atoms with Gasteiger partial charge in [0.05, 0.1) is 0 Å². The summed E-state index contributed by atoms with van der Waals surface area (Å²) < 4.78 is 33.5. The SMILES string of the molecule is CC(C)c1ccccc1OCC(=O)NC1CC2(C1)C(F)(F)C21CC1. The van der Waals surface area contributed by atoms with Gasteiger partial charge in [0.15, 0.2) is 6.61 Å². The van der Waals surface area contributed by atoms with Crippen molar-refractivity contribution in [2.45, 2.75) is 57.4 Å². The topological polar surface area (TPSA) is 38.3 Å². The van der Waals surface area contributed by atoms with Gasteiger partial charge in [0.1, 0.15) is 5.75 Å². The molecule has 0 heterocycles. The van der Waals surface area contributed by atoms with Crippen LogP contribution in [0.2, 0.25) is 0 Å². The molecule has 0 aliphatic heterocycles. The summed E-state index contributed by atoms with van der Waals surface area (Å²) in [7, 11) is 0. The van der Waals surface area contributed by atoms with Gasteiger partial charge in [-0.1, -0.05) is 32.0 Å². The number of hydrogen-bond donors (Lipinski definition) is 1. The average molecular weight is 335 g/mol. The molecule has 1 aromatic rings. The molecule has 0 unspecified atom stereocenters. The lowest BCUT2D eigenvalue weighted by molar-refractivity contribution is -0.125. The molecule has 4 rings (SSSR count). The highest BCUT2D eigenvalue weighted by Gasteiger charge is 2.97. The minimum atomic E-state index is -2.51. The molecule has 5 heteroatoms. The largest absolute Gasteiger partial charge is 0.483 e. The van der Waals surface area contributed by atoms with Gasteiger partial charge in [-0.2, -0.15) is 0 Å². The molecular weight excluding hydrogens is 312 g/mol. The minimum Gasteiger partial charge on any atom is -0.483 e. The summed E-state index contributed by atoms with van der Waals surface area (Å²) in [6, 6.07) is 7.52. The monoisotopic (exact) mass is 335 g/mol. The van der Waals surface area contributed by atoms with E-state index in [4.69, 9.17) is 4.74 Å². The number of hydrogen-bond acceptors (Lipinski definition) is 2. The Morgan fingerprint density at radius 2 is 1.92 bits per heavy atom. The number of halogens is 2. The van der Waals surface area contributed by atoms with Crippen molar-refractivity contribution in [3.63, 3.8) is 0 Å². The third-order valence-corrected chi connectivity index (χ3v) is 6.26. The first-order valence-corrected chi connectivity index (χ1v) is 8.72. The van der Waals surface area contributed by atoms with Gasteiger partial charge < -0.3 is 10.1 Å². The van der Waals surface area contributed by atoms with Gasteiger partial charge in [-0.3, -0.25) is 4.79 Å². The Balaban J connectivity index is 1.27. The summed E-state index contributed by atoms with van der Waals surface area (Å²) in [6.45, 7) is 4.06. The van der Waals surface area contributed by atoms with Gasteiger partial charge >= 0.3 is 0 Å². The fraction of sp³-hybridized carbons (Fsp3) is 0.632. The van der Waals surface area contributed by atoms with Crippen molar-refractivity contribution < 1.29 is 18.3 Å². The number of carbonyl (C=O) groups is 1. The van der Waals surface area contributed by atoms with Crippen LogP contribution >= 0.6 is 0 Å². The molecule has 0 saturated heterocycles. The lowest BCUT2D eigenvalue weighted by Gasteiger charge is -2.37. The van der Waals surface area contributed by atoms with Crippen LogP contribution in [0.5, 0.6) is 5.75 Å². The number of ether oxygens (including phenoxy) is 1. The Bertz CT molecular complexity index is 670. The number of amides is 1. The molecule has 0 atom stereocenters. The molecule has 0 bridgehead atoms. The Labute approximate surface area is 140 Å². The molecule has 3 aliphatic carbocycles. The molecule has 0 radical (unpaired) electrons. The van der Waals surface area contributed by atoms with Crippen molar-refractivity contribution in [2.75, 3.05) is 6.61 Å². The zero-order chi connectivity index (χ0) is 17.2. The minimum absolute atomic E-state index is 0.0746. The first-order valence-electron chi connectivity index (χ1n) is 8.72. The number of rotatable bonds is 5. The van der Waals surface area contributed by atoms with Gasteiger partial charge in [0.2, 0.25) is 0 Å². The van der Waals surface area contributed by atoms with Crippen molar-refractivity contribution in [2.24, 2.45) is 10.8 Å². The van der Waals surface area contributed by atoms with Crippen molar-refractivity contribution in [3.8, 4) is 5.75 Å². The second-order valence-electron chi connectivity index (χ2n) is 7.89. The Morgan fingerprint density at radius 3 is 2.50 bits per heavy atom. The number of para-hydroxylation sites is 1. The van der Waals surface area contributed by atoms with Crippen LogP contribution in [0.4, 0.5) is 8.78 Å². The highest BCUT2D eigenvalue weighted by Crippen LogP contribution is 2.92. The van der Waals surface area contributed by atoms with E-state index in [2.05, 4.69) is 19.2 Å².